The number of nitrogens with two attached hydrogens (primary N) is 1. The summed E-state index contributed by atoms with van der Waals surface area (Å²) < 4.78 is 11.5. The fraction of sp³-hybridized carbons (Fsp3) is 0.226. The Morgan fingerprint density at radius 3 is 1.47 bits per heavy atom. The van der Waals surface area contributed by atoms with E-state index >= 15 is 0 Å². The van der Waals surface area contributed by atoms with Gasteiger partial charge in [-0.1, -0.05) is 83.4 Å². The van der Waals surface area contributed by atoms with Crippen LogP contribution in [0.1, 0.15) is 38.9 Å². The molecule has 4 rings (SSSR count). The van der Waals surface area contributed by atoms with Crippen molar-refractivity contribution in [2.45, 2.75) is 47.8 Å². The van der Waals surface area contributed by atoms with E-state index in [1.165, 1.54) is 27.8 Å². The molecule has 3 heteroatoms. The quantitative estimate of drug-likeness (QED) is 0.305. The van der Waals surface area contributed by atoms with Crippen molar-refractivity contribution in [1.29, 1.82) is 0 Å². The minimum absolute atomic E-state index is 0.573. The highest BCUT2D eigenvalue weighted by Crippen LogP contribution is 2.27. The number of rotatable bonds is 6. The molecule has 0 aliphatic heterocycles. The predicted molar refractivity (Wildman–Crippen MR) is 143 cm³/mol. The van der Waals surface area contributed by atoms with E-state index in [0.717, 1.165) is 28.3 Å². The van der Waals surface area contributed by atoms with Crippen molar-refractivity contribution in [2.24, 2.45) is 0 Å². The van der Waals surface area contributed by atoms with E-state index in [0.29, 0.717) is 13.2 Å². The van der Waals surface area contributed by atoms with Crippen LogP contribution in [-0.2, 0) is 13.2 Å². The lowest BCUT2D eigenvalue weighted by molar-refractivity contribution is 0.304. The van der Waals surface area contributed by atoms with Gasteiger partial charge in [-0.05, 0) is 69.5 Å². The second kappa shape index (κ2) is 11.9. The first-order chi connectivity index (χ1) is 16.3. The fourth-order valence-corrected chi connectivity index (χ4v) is 3.33. The Bertz CT molecular complexity index is 1130. The molecule has 0 bridgehead atoms. The lowest BCUT2D eigenvalue weighted by Gasteiger charge is -2.12. The highest BCUT2D eigenvalue weighted by molar-refractivity contribution is 5.58. The highest BCUT2D eigenvalue weighted by Gasteiger charge is 2.05. The molecule has 0 unspecified atom stereocenters. The van der Waals surface area contributed by atoms with Crippen LogP contribution in [0.25, 0.3) is 0 Å². The second-order valence-corrected chi connectivity index (χ2v) is 8.78. The molecule has 34 heavy (non-hydrogen) atoms. The highest BCUT2D eigenvalue weighted by atomic mass is 16.5. The van der Waals surface area contributed by atoms with Crippen molar-refractivity contribution in [3.63, 3.8) is 0 Å². The van der Waals surface area contributed by atoms with Crippen LogP contribution in [0.4, 0.5) is 5.69 Å². The van der Waals surface area contributed by atoms with Gasteiger partial charge in [0.05, 0.1) is 0 Å². The molecular weight excluding hydrogens is 418 g/mol. The summed E-state index contributed by atoms with van der Waals surface area (Å²) in [4.78, 5) is 0. The monoisotopic (exact) mass is 453 g/mol. The van der Waals surface area contributed by atoms with E-state index < -0.39 is 0 Å². The average molecular weight is 454 g/mol. The van der Waals surface area contributed by atoms with Gasteiger partial charge in [0.2, 0.25) is 0 Å². The van der Waals surface area contributed by atoms with Crippen molar-refractivity contribution in [1.82, 2.24) is 0 Å². The molecule has 176 valence electrons. The fourth-order valence-electron chi connectivity index (χ4n) is 3.33. The largest absolute Gasteiger partial charge is 0.489 e. The van der Waals surface area contributed by atoms with Crippen molar-refractivity contribution in [3.05, 3.63) is 124 Å². The van der Waals surface area contributed by atoms with Crippen molar-refractivity contribution in [2.75, 3.05) is 5.73 Å². The number of ether oxygens (including phenoxy) is 2. The molecule has 0 aromatic heterocycles. The molecule has 0 aliphatic carbocycles. The average Bonchev–Trinajstić information content (AvgIpc) is 2.84. The van der Waals surface area contributed by atoms with Gasteiger partial charge in [0.25, 0.3) is 0 Å². The zero-order chi connectivity index (χ0) is 24.5. The van der Waals surface area contributed by atoms with Gasteiger partial charge in [-0.3, -0.25) is 0 Å². The predicted octanol–water partition coefficient (Wildman–Crippen LogP) is 7.66. The third-order valence-corrected chi connectivity index (χ3v) is 5.75. The van der Waals surface area contributed by atoms with E-state index in [1.54, 1.807) is 0 Å². The van der Waals surface area contributed by atoms with E-state index in [9.17, 15) is 0 Å². The summed E-state index contributed by atoms with van der Waals surface area (Å²) >= 11 is 0. The van der Waals surface area contributed by atoms with Crippen LogP contribution >= 0.6 is 0 Å². The van der Waals surface area contributed by atoms with E-state index in [1.807, 2.05) is 38.1 Å². The first kappa shape index (κ1) is 24.9. The SMILES string of the molecule is Cc1ccc(COc2ccc(C)c(N)c2C)cc1.Cc1ccc(COc2ccc(C)cc2)cc1. The molecule has 0 fully saturated rings. The Labute approximate surface area is 204 Å². The number of anilines is 1. The summed E-state index contributed by atoms with van der Waals surface area (Å²) in [5.74, 6) is 1.78. The molecule has 4 aromatic carbocycles. The van der Waals surface area contributed by atoms with Crippen LogP contribution in [0.2, 0.25) is 0 Å². The Morgan fingerprint density at radius 1 is 0.529 bits per heavy atom. The second-order valence-electron chi connectivity index (χ2n) is 8.78. The zero-order valence-corrected chi connectivity index (χ0v) is 20.9. The Morgan fingerprint density at radius 2 is 0.971 bits per heavy atom. The minimum Gasteiger partial charge on any atom is -0.489 e. The van der Waals surface area contributed by atoms with Gasteiger partial charge in [-0.2, -0.15) is 0 Å². The summed E-state index contributed by atoms with van der Waals surface area (Å²) in [5, 5.41) is 0. The lowest BCUT2D eigenvalue weighted by atomic mass is 10.1. The smallest absolute Gasteiger partial charge is 0.124 e. The molecular formula is C31H35NO2. The minimum atomic E-state index is 0.573. The molecule has 0 heterocycles. The first-order valence-corrected chi connectivity index (χ1v) is 11.6. The Hall–Kier alpha value is -3.72. The molecule has 2 N–H and O–H groups in total. The van der Waals surface area contributed by atoms with Gasteiger partial charge in [0.15, 0.2) is 0 Å². The van der Waals surface area contributed by atoms with Crippen LogP contribution in [0, 0.1) is 34.6 Å². The summed E-state index contributed by atoms with van der Waals surface area (Å²) in [6, 6.07) is 28.9. The Balaban J connectivity index is 0.000000192. The molecule has 0 saturated heterocycles. The van der Waals surface area contributed by atoms with Crippen LogP contribution in [0.5, 0.6) is 11.5 Å². The van der Waals surface area contributed by atoms with Crippen LogP contribution in [-0.4, -0.2) is 0 Å². The van der Waals surface area contributed by atoms with Crippen LogP contribution < -0.4 is 15.2 Å². The molecule has 0 amide bonds. The number of hydrogen-bond donors (Lipinski definition) is 1. The van der Waals surface area contributed by atoms with Gasteiger partial charge in [0.1, 0.15) is 24.7 Å². The molecule has 4 aromatic rings. The number of hydrogen-bond acceptors (Lipinski definition) is 3. The lowest BCUT2D eigenvalue weighted by Crippen LogP contribution is -2.00. The topological polar surface area (TPSA) is 44.5 Å². The van der Waals surface area contributed by atoms with Crippen molar-refractivity contribution in [3.8, 4) is 11.5 Å². The molecule has 0 spiro atoms. The van der Waals surface area contributed by atoms with Crippen LogP contribution in [0.3, 0.4) is 0 Å². The molecule has 0 aliphatic rings. The first-order valence-electron chi connectivity index (χ1n) is 11.6. The van der Waals surface area contributed by atoms with Gasteiger partial charge >= 0.3 is 0 Å². The third-order valence-electron chi connectivity index (χ3n) is 5.75. The summed E-state index contributed by atoms with van der Waals surface area (Å²) in [6.07, 6.45) is 0. The summed E-state index contributed by atoms with van der Waals surface area (Å²) in [7, 11) is 0. The maximum absolute atomic E-state index is 5.99. The third kappa shape index (κ3) is 7.41. The van der Waals surface area contributed by atoms with E-state index in [4.69, 9.17) is 15.2 Å². The number of nitrogen functional groups attached to an aromatic ring is 1. The number of benzene rings is 4. The summed E-state index contributed by atoms with van der Waals surface area (Å²) in [6.45, 7) is 11.4. The van der Waals surface area contributed by atoms with Gasteiger partial charge in [0, 0.05) is 11.3 Å². The zero-order valence-electron chi connectivity index (χ0n) is 20.9. The van der Waals surface area contributed by atoms with Crippen molar-refractivity contribution >= 4 is 5.69 Å². The molecule has 0 saturated carbocycles. The van der Waals surface area contributed by atoms with Gasteiger partial charge < -0.3 is 15.2 Å². The van der Waals surface area contributed by atoms with Crippen molar-refractivity contribution < 1.29 is 9.47 Å². The van der Waals surface area contributed by atoms with E-state index in [2.05, 4.69) is 81.4 Å². The maximum atomic E-state index is 5.99. The van der Waals surface area contributed by atoms with Crippen LogP contribution in [0.15, 0.2) is 84.9 Å². The van der Waals surface area contributed by atoms with E-state index in [-0.39, 0.29) is 0 Å². The molecule has 0 atom stereocenters. The Kier molecular flexibility index (Phi) is 8.75. The van der Waals surface area contributed by atoms with Gasteiger partial charge in [-0.25, -0.2) is 0 Å². The number of aryl methyl sites for hydroxylation is 4. The maximum Gasteiger partial charge on any atom is 0.124 e. The molecule has 0 radical (unpaired) electrons. The van der Waals surface area contributed by atoms with Gasteiger partial charge in [-0.15, -0.1) is 0 Å². The normalized spacial score (nSPS) is 10.3. The molecule has 3 nitrogen and oxygen atoms in total. The summed E-state index contributed by atoms with van der Waals surface area (Å²) in [5.41, 5.74) is 15.1. The standard InChI is InChI=1S/C16H19NO.C15H16O/c1-11-4-7-14(8-5-11)10-18-15-9-6-12(2)16(17)13(15)3;1-12-3-7-14(8-4-12)11-16-15-9-5-13(2)6-10-15/h4-9H,10,17H2,1-3H3;3-10H,11H2,1-2H3.